The van der Waals surface area contributed by atoms with Gasteiger partial charge in [0.2, 0.25) is 6.86 Å². The van der Waals surface area contributed by atoms with E-state index in [-0.39, 0.29) is 0 Å². The first-order chi connectivity index (χ1) is 5.77. The lowest BCUT2D eigenvalue weighted by molar-refractivity contribution is 0.192. The Hall–Kier alpha value is -0.810. The zero-order valence-corrected chi connectivity index (χ0v) is 7.77. The third kappa shape index (κ3) is 2.09. The lowest BCUT2D eigenvalue weighted by atomic mass is 10.3. The topological polar surface area (TPSA) is 47.3 Å². The average Bonchev–Trinajstić information content (AvgIpc) is 2.05. The molecule has 0 saturated carbocycles. The molecule has 0 amide bonds. The van der Waals surface area contributed by atoms with Crippen molar-refractivity contribution in [3.8, 4) is 5.75 Å². The number of nitrogens with two attached hydrogens (primary N) is 1. The third-order valence-corrected chi connectivity index (χ3v) is 1.80. The van der Waals surface area contributed by atoms with Crippen molar-refractivity contribution >= 4 is 21.6 Å². The number of hydrazine groups is 1. The van der Waals surface area contributed by atoms with Gasteiger partial charge in [0.05, 0.1) is 5.69 Å². The molecule has 0 aliphatic heterocycles. The summed E-state index contributed by atoms with van der Waals surface area (Å²) in [5, 5.41) is 0. The molecule has 0 bridgehead atoms. The number of ether oxygens (including phenoxy) is 1. The van der Waals surface area contributed by atoms with E-state index >= 15 is 0 Å². The van der Waals surface area contributed by atoms with E-state index in [9.17, 15) is 4.39 Å². The smallest absolute Gasteiger partial charge is 0.228 e. The van der Waals surface area contributed by atoms with Gasteiger partial charge in [0.25, 0.3) is 0 Å². The molecular weight excluding hydrogens is 227 g/mol. The van der Waals surface area contributed by atoms with E-state index in [1.165, 1.54) is 0 Å². The Labute approximate surface area is 77.8 Å². The molecule has 1 rings (SSSR count). The first-order valence-electron chi connectivity index (χ1n) is 3.23. The molecule has 0 atom stereocenters. The second kappa shape index (κ2) is 4.27. The number of hydrogen-bond donors (Lipinski definition) is 2. The minimum Gasteiger partial charge on any atom is -0.461 e. The fourth-order valence-electron chi connectivity index (χ4n) is 0.794. The number of hydrogen-bond acceptors (Lipinski definition) is 3. The second-order valence-electron chi connectivity index (χ2n) is 2.04. The Morgan fingerprint density at radius 2 is 2.33 bits per heavy atom. The quantitative estimate of drug-likeness (QED) is 0.622. The van der Waals surface area contributed by atoms with E-state index in [0.29, 0.717) is 11.4 Å². The first-order valence-corrected chi connectivity index (χ1v) is 4.02. The van der Waals surface area contributed by atoms with Crippen molar-refractivity contribution in [2.45, 2.75) is 0 Å². The molecule has 0 saturated heterocycles. The van der Waals surface area contributed by atoms with Gasteiger partial charge in [-0.3, -0.25) is 5.84 Å². The zero-order valence-electron chi connectivity index (χ0n) is 6.18. The van der Waals surface area contributed by atoms with Crippen LogP contribution in [0.25, 0.3) is 0 Å². The van der Waals surface area contributed by atoms with Gasteiger partial charge in [-0.15, -0.1) is 0 Å². The molecule has 0 radical (unpaired) electrons. The SMILES string of the molecule is NNc1ccc(Br)cc1OCF. The van der Waals surface area contributed by atoms with E-state index in [0.717, 1.165) is 4.47 Å². The summed E-state index contributed by atoms with van der Waals surface area (Å²) in [7, 11) is 0. The van der Waals surface area contributed by atoms with Crippen molar-refractivity contribution in [2.75, 3.05) is 12.3 Å². The maximum atomic E-state index is 11.8. The maximum Gasteiger partial charge on any atom is 0.228 e. The van der Waals surface area contributed by atoms with Crippen LogP contribution in [0.2, 0.25) is 0 Å². The van der Waals surface area contributed by atoms with Crippen LogP contribution >= 0.6 is 15.9 Å². The van der Waals surface area contributed by atoms with Crippen LogP contribution in [0.1, 0.15) is 0 Å². The van der Waals surface area contributed by atoms with Crippen molar-refractivity contribution in [1.82, 2.24) is 0 Å². The van der Waals surface area contributed by atoms with Crippen LogP contribution in [0.15, 0.2) is 22.7 Å². The van der Waals surface area contributed by atoms with Gasteiger partial charge in [-0.05, 0) is 18.2 Å². The Morgan fingerprint density at radius 3 is 2.92 bits per heavy atom. The van der Waals surface area contributed by atoms with Crippen molar-refractivity contribution < 1.29 is 9.13 Å². The number of nitrogen functional groups attached to an aromatic ring is 1. The monoisotopic (exact) mass is 234 g/mol. The lowest BCUT2D eigenvalue weighted by Gasteiger charge is -2.07. The molecular formula is C7H8BrFN2O. The highest BCUT2D eigenvalue weighted by molar-refractivity contribution is 9.10. The molecule has 12 heavy (non-hydrogen) atoms. The van der Waals surface area contributed by atoms with Gasteiger partial charge in [-0.2, -0.15) is 0 Å². The molecule has 0 unspecified atom stereocenters. The minimum absolute atomic E-state index is 0.384. The largest absolute Gasteiger partial charge is 0.461 e. The Bertz CT molecular complexity index is 270. The predicted octanol–water partition coefficient (Wildman–Crippen LogP) is 2.04. The standard InChI is InChI=1S/C7H8BrFN2O/c8-5-1-2-6(11-10)7(3-5)12-4-9/h1-3,11H,4,10H2. The molecule has 0 aromatic heterocycles. The highest BCUT2D eigenvalue weighted by Gasteiger charge is 2.01. The van der Waals surface area contributed by atoms with E-state index in [4.69, 9.17) is 5.84 Å². The maximum absolute atomic E-state index is 11.8. The fourth-order valence-corrected chi connectivity index (χ4v) is 1.13. The van der Waals surface area contributed by atoms with Crippen LogP contribution in [0, 0.1) is 0 Å². The Balaban J connectivity index is 2.95. The van der Waals surface area contributed by atoms with Gasteiger partial charge in [-0.25, -0.2) is 4.39 Å². The van der Waals surface area contributed by atoms with Gasteiger partial charge >= 0.3 is 0 Å². The predicted molar refractivity (Wildman–Crippen MR) is 48.6 cm³/mol. The molecule has 3 N–H and O–H groups in total. The molecule has 0 spiro atoms. The Morgan fingerprint density at radius 1 is 1.58 bits per heavy atom. The van der Waals surface area contributed by atoms with Crippen LogP contribution < -0.4 is 16.0 Å². The lowest BCUT2D eigenvalue weighted by Crippen LogP contribution is -2.08. The van der Waals surface area contributed by atoms with Crippen molar-refractivity contribution in [1.29, 1.82) is 0 Å². The summed E-state index contributed by atoms with van der Waals surface area (Å²) < 4.78 is 17.3. The molecule has 1 aromatic rings. The number of anilines is 1. The van der Waals surface area contributed by atoms with E-state index in [1.54, 1.807) is 18.2 Å². The molecule has 0 aliphatic carbocycles. The summed E-state index contributed by atoms with van der Waals surface area (Å²) in [6.45, 7) is -0.870. The molecule has 1 aromatic carbocycles. The number of halogens is 2. The minimum atomic E-state index is -0.870. The second-order valence-corrected chi connectivity index (χ2v) is 2.95. The summed E-state index contributed by atoms with van der Waals surface area (Å²) in [5.74, 6) is 5.55. The number of alkyl halides is 1. The van der Waals surface area contributed by atoms with E-state index in [1.807, 2.05) is 0 Å². The first kappa shape index (κ1) is 9.28. The van der Waals surface area contributed by atoms with Gasteiger partial charge in [-0.1, -0.05) is 15.9 Å². The molecule has 0 heterocycles. The van der Waals surface area contributed by atoms with Crippen LogP contribution in [0.4, 0.5) is 10.1 Å². The summed E-state index contributed by atoms with van der Waals surface area (Å²) in [6, 6.07) is 5.10. The molecule has 0 fully saturated rings. The van der Waals surface area contributed by atoms with Crippen LogP contribution in [-0.2, 0) is 0 Å². The summed E-state index contributed by atoms with van der Waals surface area (Å²) in [6.07, 6.45) is 0. The number of nitrogens with one attached hydrogen (secondary N) is 1. The van der Waals surface area contributed by atoms with E-state index in [2.05, 4.69) is 26.1 Å². The molecule has 3 nitrogen and oxygen atoms in total. The average molecular weight is 235 g/mol. The summed E-state index contributed by atoms with van der Waals surface area (Å²) in [5.41, 5.74) is 2.95. The van der Waals surface area contributed by atoms with Crippen molar-refractivity contribution in [3.63, 3.8) is 0 Å². The number of rotatable bonds is 3. The molecule has 0 aliphatic rings. The number of benzene rings is 1. The molecule has 5 heteroatoms. The third-order valence-electron chi connectivity index (χ3n) is 1.31. The van der Waals surface area contributed by atoms with Gasteiger partial charge in [0.15, 0.2) is 0 Å². The summed E-state index contributed by atoms with van der Waals surface area (Å²) in [4.78, 5) is 0. The normalized spacial score (nSPS) is 9.58. The van der Waals surface area contributed by atoms with Gasteiger partial charge < -0.3 is 10.2 Å². The molecule has 66 valence electrons. The van der Waals surface area contributed by atoms with Crippen LogP contribution in [0.3, 0.4) is 0 Å². The fraction of sp³-hybridized carbons (Fsp3) is 0.143. The van der Waals surface area contributed by atoms with Crippen LogP contribution in [-0.4, -0.2) is 6.86 Å². The van der Waals surface area contributed by atoms with Gasteiger partial charge in [0.1, 0.15) is 5.75 Å². The van der Waals surface area contributed by atoms with Crippen molar-refractivity contribution in [3.05, 3.63) is 22.7 Å². The highest BCUT2D eigenvalue weighted by Crippen LogP contribution is 2.27. The van der Waals surface area contributed by atoms with Gasteiger partial charge in [0, 0.05) is 4.47 Å². The highest BCUT2D eigenvalue weighted by atomic mass is 79.9. The van der Waals surface area contributed by atoms with Crippen LogP contribution in [0.5, 0.6) is 5.75 Å². The summed E-state index contributed by atoms with van der Waals surface area (Å²) >= 11 is 3.22. The Kier molecular flexibility index (Phi) is 3.31. The zero-order chi connectivity index (χ0) is 8.97. The van der Waals surface area contributed by atoms with Crippen molar-refractivity contribution in [2.24, 2.45) is 5.84 Å². The van der Waals surface area contributed by atoms with E-state index < -0.39 is 6.86 Å².